The molecule has 2 aromatic rings. The van der Waals surface area contributed by atoms with Crippen LogP contribution < -0.4 is 0 Å². The van der Waals surface area contributed by atoms with Crippen molar-refractivity contribution >= 4 is 49.0 Å². The maximum Gasteiger partial charge on any atom is 0.0488 e. The molecule has 0 aliphatic rings. The Labute approximate surface area is 94.7 Å². The van der Waals surface area contributed by atoms with E-state index in [1.165, 1.54) is 15.0 Å². The van der Waals surface area contributed by atoms with E-state index in [1.54, 1.807) is 0 Å². The standard InChI is InChI=1S/C10H8BrClS/c1-2-8-4-6-3-7(12)5-9(11)10(6)13-8/h3-5H,2H2,1H3. The molecule has 1 aromatic carbocycles. The Hall–Kier alpha value is -0.0500. The van der Waals surface area contributed by atoms with Crippen molar-refractivity contribution in [2.45, 2.75) is 13.3 Å². The van der Waals surface area contributed by atoms with Gasteiger partial charge in [-0.1, -0.05) is 18.5 Å². The fourth-order valence-electron chi connectivity index (χ4n) is 1.30. The van der Waals surface area contributed by atoms with Crippen LogP contribution in [-0.2, 0) is 6.42 Å². The van der Waals surface area contributed by atoms with Crippen molar-refractivity contribution in [3.8, 4) is 0 Å². The monoisotopic (exact) mass is 274 g/mol. The van der Waals surface area contributed by atoms with Crippen LogP contribution in [-0.4, -0.2) is 0 Å². The minimum Gasteiger partial charge on any atom is -0.139 e. The molecule has 1 heterocycles. The van der Waals surface area contributed by atoms with E-state index in [-0.39, 0.29) is 0 Å². The smallest absolute Gasteiger partial charge is 0.0488 e. The number of halogens is 2. The quantitative estimate of drug-likeness (QED) is 0.696. The Kier molecular flexibility index (Phi) is 2.63. The van der Waals surface area contributed by atoms with Gasteiger partial charge in [0.2, 0.25) is 0 Å². The highest BCUT2D eigenvalue weighted by atomic mass is 79.9. The van der Waals surface area contributed by atoms with Gasteiger partial charge in [0.25, 0.3) is 0 Å². The van der Waals surface area contributed by atoms with Crippen molar-refractivity contribution in [1.29, 1.82) is 0 Å². The summed E-state index contributed by atoms with van der Waals surface area (Å²) in [6.07, 6.45) is 1.09. The molecular formula is C10H8BrClS. The lowest BCUT2D eigenvalue weighted by atomic mass is 10.2. The molecule has 13 heavy (non-hydrogen) atoms. The summed E-state index contributed by atoms with van der Waals surface area (Å²) in [5, 5.41) is 2.03. The molecule has 0 aliphatic heterocycles. The summed E-state index contributed by atoms with van der Waals surface area (Å²) in [5.41, 5.74) is 0. The van der Waals surface area contributed by atoms with Crippen LogP contribution in [0.15, 0.2) is 22.7 Å². The lowest BCUT2D eigenvalue weighted by Gasteiger charge is -1.94. The predicted molar refractivity (Wildman–Crippen MR) is 63.9 cm³/mol. The first kappa shape index (κ1) is 9.50. The fraction of sp³-hybridized carbons (Fsp3) is 0.200. The first-order chi connectivity index (χ1) is 6.20. The van der Waals surface area contributed by atoms with E-state index in [0.29, 0.717) is 0 Å². The van der Waals surface area contributed by atoms with Crippen LogP contribution in [0.2, 0.25) is 5.02 Å². The molecule has 0 atom stereocenters. The number of rotatable bonds is 1. The van der Waals surface area contributed by atoms with Gasteiger partial charge in [0.15, 0.2) is 0 Å². The van der Waals surface area contributed by atoms with E-state index in [4.69, 9.17) is 11.6 Å². The zero-order chi connectivity index (χ0) is 9.42. The second-order valence-corrected chi connectivity index (χ2v) is 5.30. The number of benzene rings is 1. The SMILES string of the molecule is CCc1cc2cc(Cl)cc(Br)c2s1. The van der Waals surface area contributed by atoms with Gasteiger partial charge in [0.05, 0.1) is 0 Å². The van der Waals surface area contributed by atoms with Gasteiger partial charge in [-0.15, -0.1) is 11.3 Å². The van der Waals surface area contributed by atoms with Gasteiger partial charge in [0, 0.05) is 19.1 Å². The third-order valence-electron chi connectivity index (χ3n) is 1.94. The van der Waals surface area contributed by atoms with Crippen molar-refractivity contribution < 1.29 is 0 Å². The number of hydrogen-bond acceptors (Lipinski definition) is 1. The second-order valence-electron chi connectivity index (χ2n) is 2.87. The highest BCUT2D eigenvalue weighted by Gasteiger charge is 2.04. The van der Waals surface area contributed by atoms with E-state index in [9.17, 15) is 0 Å². The summed E-state index contributed by atoms with van der Waals surface area (Å²) in [5.74, 6) is 0. The molecule has 3 heteroatoms. The molecule has 0 saturated carbocycles. The molecule has 0 unspecified atom stereocenters. The predicted octanol–water partition coefficient (Wildman–Crippen LogP) is 4.88. The van der Waals surface area contributed by atoms with E-state index in [0.717, 1.165) is 15.9 Å². The summed E-state index contributed by atoms with van der Waals surface area (Å²) >= 11 is 11.3. The number of fused-ring (bicyclic) bond motifs is 1. The molecule has 0 N–H and O–H groups in total. The van der Waals surface area contributed by atoms with Crippen LogP contribution in [0, 0.1) is 0 Å². The molecule has 68 valence electrons. The lowest BCUT2D eigenvalue weighted by molar-refractivity contribution is 1.19. The topological polar surface area (TPSA) is 0 Å². The largest absolute Gasteiger partial charge is 0.139 e. The molecule has 0 spiro atoms. The minimum atomic E-state index is 0.792. The van der Waals surface area contributed by atoms with E-state index >= 15 is 0 Å². The molecule has 0 aliphatic carbocycles. The Morgan fingerprint density at radius 3 is 2.85 bits per heavy atom. The zero-order valence-electron chi connectivity index (χ0n) is 7.10. The van der Waals surface area contributed by atoms with Crippen molar-refractivity contribution in [2.24, 2.45) is 0 Å². The molecule has 0 saturated heterocycles. The third kappa shape index (κ3) is 1.76. The lowest BCUT2D eigenvalue weighted by Crippen LogP contribution is -1.67. The summed E-state index contributed by atoms with van der Waals surface area (Å²) in [6, 6.07) is 6.16. The van der Waals surface area contributed by atoms with E-state index in [1.807, 2.05) is 23.5 Å². The average Bonchev–Trinajstić information content (AvgIpc) is 2.47. The van der Waals surface area contributed by atoms with E-state index in [2.05, 4.69) is 28.9 Å². The van der Waals surface area contributed by atoms with Gasteiger partial charge in [-0.25, -0.2) is 0 Å². The summed E-state index contributed by atoms with van der Waals surface area (Å²) in [4.78, 5) is 1.40. The van der Waals surface area contributed by atoms with Gasteiger partial charge in [0.1, 0.15) is 0 Å². The fourth-order valence-corrected chi connectivity index (χ4v) is 3.36. The molecule has 0 bridgehead atoms. The highest BCUT2D eigenvalue weighted by Crippen LogP contribution is 2.34. The summed E-state index contributed by atoms with van der Waals surface area (Å²) in [6.45, 7) is 2.17. The Morgan fingerprint density at radius 1 is 1.38 bits per heavy atom. The third-order valence-corrected chi connectivity index (χ3v) is 4.37. The zero-order valence-corrected chi connectivity index (χ0v) is 10.3. The van der Waals surface area contributed by atoms with Crippen molar-refractivity contribution in [1.82, 2.24) is 0 Å². The second kappa shape index (κ2) is 3.60. The van der Waals surface area contributed by atoms with Gasteiger partial charge >= 0.3 is 0 Å². The molecule has 0 radical (unpaired) electrons. The number of hydrogen-bond donors (Lipinski definition) is 0. The molecular weight excluding hydrogens is 268 g/mol. The molecule has 1 aromatic heterocycles. The number of thiophene rings is 1. The number of aryl methyl sites for hydroxylation is 1. The van der Waals surface area contributed by atoms with Crippen LogP contribution in [0.5, 0.6) is 0 Å². The van der Waals surface area contributed by atoms with Gasteiger partial charge in [-0.2, -0.15) is 0 Å². The highest BCUT2D eigenvalue weighted by molar-refractivity contribution is 9.10. The molecule has 0 fully saturated rings. The normalized spacial score (nSPS) is 11.0. The van der Waals surface area contributed by atoms with Crippen LogP contribution >= 0.6 is 38.9 Å². The Bertz CT molecular complexity index is 447. The van der Waals surface area contributed by atoms with Crippen LogP contribution in [0.4, 0.5) is 0 Å². The van der Waals surface area contributed by atoms with Crippen molar-refractivity contribution in [3.05, 3.63) is 32.6 Å². The summed E-state index contributed by atoms with van der Waals surface area (Å²) < 4.78 is 2.39. The minimum absolute atomic E-state index is 0.792. The van der Waals surface area contributed by atoms with Gasteiger partial charge in [-0.3, -0.25) is 0 Å². The van der Waals surface area contributed by atoms with Gasteiger partial charge < -0.3 is 0 Å². The van der Waals surface area contributed by atoms with Crippen LogP contribution in [0.1, 0.15) is 11.8 Å². The Balaban J connectivity index is 2.75. The van der Waals surface area contributed by atoms with Crippen LogP contribution in [0.3, 0.4) is 0 Å². The van der Waals surface area contributed by atoms with E-state index < -0.39 is 0 Å². The maximum absolute atomic E-state index is 5.95. The molecule has 0 amide bonds. The Morgan fingerprint density at radius 2 is 2.15 bits per heavy atom. The average molecular weight is 276 g/mol. The maximum atomic E-state index is 5.95. The molecule has 0 nitrogen and oxygen atoms in total. The van der Waals surface area contributed by atoms with Gasteiger partial charge in [-0.05, 0) is 45.9 Å². The van der Waals surface area contributed by atoms with Crippen LogP contribution in [0.25, 0.3) is 10.1 Å². The summed E-state index contributed by atoms with van der Waals surface area (Å²) in [7, 11) is 0. The first-order valence-electron chi connectivity index (χ1n) is 4.08. The van der Waals surface area contributed by atoms with Crippen molar-refractivity contribution in [2.75, 3.05) is 0 Å². The van der Waals surface area contributed by atoms with Crippen molar-refractivity contribution in [3.63, 3.8) is 0 Å². The first-order valence-corrected chi connectivity index (χ1v) is 6.07. The molecule has 2 rings (SSSR count).